The average molecular weight is 210 g/mol. The number of likely N-dealkylation sites (N-methyl/N-ethyl adjacent to an activating group) is 1. The maximum absolute atomic E-state index is 2.75. The molecule has 1 saturated carbocycles. The van der Waals surface area contributed by atoms with Crippen molar-refractivity contribution < 1.29 is 0 Å². The highest BCUT2D eigenvalue weighted by atomic mass is 15.3. The summed E-state index contributed by atoms with van der Waals surface area (Å²) in [5.41, 5.74) is 0. The van der Waals surface area contributed by atoms with Gasteiger partial charge in [0.2, 0.25) is 0 Å². The normalized spacial score (nSPS) is 35.6. The van der Waals surface area contributed by atoms with Gasteiger partial charge in [0.15, 0.2) is 0 Å². The molecule has 1 unspecified atom stereocenters. The molecule has 0 aromatic carbocycles. The van der Waals surface area contributed by atoms with E-state index in [1.807, 2.05) is 0 Å². The van der Waals surface area contributed by atoms with E-state index in [0.717, 1.165) is 12.0 Å². The van der Waals surface area contributed by atoms with Gasteiger partial charge in [-0.25, -0.2) is 0 Å². The lowest BCUT2D eigenvalue weighted by Gasteiger charge is -2.41. The van der Waals surface area contributed by atoms with Crippen LogP contribution in [0.3, 0.4) is 0 Å². The lowest BCUT2D eigenvalue weighted by Crippen LogP contribution is -2.50. The molecule has 1 aliphatic heterocycles. The van der Waals surface area contributed by atoms with Gasteiger partial charge in [-0.15, -0.1) is 0 Å². The highest BCUT2D eigenvalue weighted by molar-refractivity contribution is 4.82. The molecular weight excluding hydrogens is 184 g/mol. The summed E-state index contributed by atoms with van der Waals surface area (Å²) in [6.45, 7) is 7.51. The Labute approximate surface area is 94.6 Å². The molecule has 15 heavy (non-hydrogen) atoms. The summed E-state index contributed by atoms with van der Waals surface area (Å²) in [6, 6.07) is 0.914. The van der Waals surface area contributed by atoms with Crippen LogP contribution >= 0.6 is 0 Å². The number of hydrogen-bond donors (Lipinski definition) is 0. The Morgan fingerprint density at radius 3 is 2.47 bits per heavy atom. The second-order valence-corrected chi connectivity index (χ2v) is 5.43. The van der Waals surface area contributed by atoms with Gasteiger partial charge < -0.3 is 4.90 Å². The molecule has 2 nitrogen and oxygen atoms in total. The summed E-state index contributed by atoms with van der Waals surface area (Å²) >= 11 is 0. The van der Waals surface area contributed by atoms with Crippen LogP contribution in [0, 0.1) is 5.92 Å². The first-order chi connectivity index (χ1) is 7.29. The maximum Gasteiger partial charge on any atom is 0.0113 e. The van der Waals surface area contributed by atoms with Crippen LogP contribution in [0.15, 0.2) is 0 Å². The first-order valence-electron chi connectivity index (χ1n) is 6.72. The average Bonchev–Trinajstić information content (AvgIpc) is 2.30. The smallest absolute Gasteiger partial charge is 0.0113 e. The second kappa shape index (κ2) is 5.31. The molecule has 2 rings (SSSR count). The second-order valence-electron chi connectivity index (χ2n) is 5.43. The summed E-state index contributed by atoms with van der Waals surface area (Å²) in [6.07, 6.45) is 7.28. The van der Waals surface area contributed by atoms with Crippen molar-refractivity contribution in [2.45, 2.75) is 45.1 Å². The number of piperazine rings is 1. The molecule has 1 saturated heterocycles. The molecule has 0 N–H and O–H groups in total. The minimum Gasteiger partial charge on any atom is -0.304 e. The van der Waals surface area contributed by atoms with Crippen molar-refractivity contribution in [2.75, 3.05) is 33.2 Å². The van der Waals surface area contributed by atoms with Gasteiger partial charge in [0.1, 0.15) is 0 Å². The summed E-state index contributed by atoms with van der Waals surface area (Å²) < 4.78 is 0. The monoisotopic (exact) mass is 210 g/mol. The van der Waals surface area contributed by atoms with E-state index in [1.54, 1.807) is 0 Å². The molecule has 0 aromatic rings. The van der Waals surface area contributed by atoms with Crippen molar-refractivity contribution in [2.24, 2.45) is 5.92 Å². The van der Waals surface area contributed by atoms with Gasteiger partial charge in [-0.05, 0) is 25.8 Å². The molecule has 2 aliphatic rings. The third kappa shape index (κ3) is 2.94. The number of nitrogens with zero attached hydrogens (tertiary/aromatic N) is 2. The lowest BCUT2D eigenvalue weighted by molar-refractivity contribution is 0.0764. The third-order valence-corrected chi connectivity index (χ3v) is 4.39. The maximum atomic E-state index is 2.75. The van der Waals surface area contributed by atoms with E-state index in [0.29, 0.717) is 0 Å². The Balaban J connectivity index is 1.82. The predicted octanol–water partition coefficient (Wildman–Crippen LogP) is 2.20. The third-order valence-electron chi connectivity index (χ3n) is 4.39. The van der Waals surface area contributed by atoms with E-state index in [9.17, 15) is 0 Å². The van der Waals surface area contributed by atoms with E-state index in [1.165, 1.54) is 58.3 Å². The molecule has 0 aromatic heterocycles. The standard InChI is InChI=1S/C13H26N2/c1-3-12-5-4-6-13(11-12)15-9-7-14(2)8-10-15/h12-13H,3-11H2,1-2H3/t12?,13-/m1/s1. The zero-order chi connectivity index (χ0) is 10.7. The molecule has 88 valence electrons. The van der Waals surface area contributed by atoms with Crippen LogP contribution < -0.4 is 0 Å². The van der Waals surface area contributed by atoms with Gasteiger partial charge in [0.05, 0.1) is 0 Å². The van der Waals surface area contributed by atoms with Gasteiger partial charge in [0.25, 0.3) is 0 Å². The van der Waals surface area contributed by atoms with Crippen LogP contribution in [0.2, 0.25) is 0 Å². The Kier molecular flexibility index (Phi) is 4.04. The molecule has 0 spiro atoms. The zero-order valence-corrected chi connectivity index (χ0v) is 10.4. The summed E-state index contributed by atoms with van der Waals surface area (Å²) in [5, 5.41) is 0. The molecule has 0 amide bonds. The van der Waals surface area contributed by atoms with Crippen molar-refractivity contribution in [1.82, 2.24) is 9.80 Å². The largest absolute Gasteiger partial charge is 0.304 e. The van der Waals surface area contributed by atoms with E-state index in [-0.39, 0.29) is 0 Å². The van der Waals surface area contributed by atoms with Crippen LogP contribution in [0.5, 0.6) is 0 Å². The van der Waals surface area contributed by atoms with Crippen molar-refractivity contribution in [3.05, 3.63) is 0 Å². The van der Waals surface area contributed by atoms with Gasteiger partial charge in [0, 0.05) is 32.2 Å². The summed E-state index contributed by atoms with van der Waals surface area (Å²) in [7, 11) is 2.24. The first kappa shape index (κ1) is 11.4. The van der Waals surface area contributed by atoms with Gasteiger partial charge >= 0.3 is 0 Å². The molecular formula is C13H26N2. The molecule has 0 radical (unpaired) electrons. The fourth-order valence-corrected chi connectivity index (χ4v) is 3.15. The van der Waals surface area contributed by atoms with Crippen LogP contribution in [-0.4, -0.2) is 49.1 Å². The van der Waals surface area contributed by atoms with Crippen LogP contribution in [0.4, 0.5) is 0 Å². The van der Waals surface area contributed by atoms with E-state index >= 15 is 0 Å². The lowest BCUT2D eigenvalue weighted by atomic mass is 9.83. The highest BCUT2D eigenvalue weighted by Gasteiger charge is 2.27. The van der Waals surface area contributed by atoms with E-state index in [4.69, 9.17) is 0 Å². The quantitative estimate of drug-likeness (QED) is 0.689. The minimum absolute atomic E-state index is 0.914. The SMILES string of the molecule is CCC1CCC[C@@H](N2CCN(C)CC2)C1. The number of hydrogen-bond acceptors (Lipinski definition) is 2. The molecule has 2 atom stereocenters. The fraction of sp³-hybridized carbons (Fsp3) is 1.00. The van der Waals surface area contributed by atoms with Gasteiger partial charge in [-0.1, -0.05) is 26.2 Å². The fourth-order valence-electron chi connectivity index (χ4n) is 3.15. The van der Waals surface area contributed by atoms with Crippen molar-refractivity contribution in [3.8, 4) is 0 Å². The topological polar surface area (TPSA) is 6.48 Å². The van der Waals surface area contributed by atoms with Crippen LogP contribution in [0.1, 0.15) is 39.0 Å². The van der Waals surface area contributed by atoms with E-state index < -0.39 is 0 Å². The highest BCUT2D eigenvalue weighted by Crippen LogP contribution is 2.29. The molecule has 0 bridgehead atoms. The van der Waals surface area contributed by atoms with Gasteiger partial charge in [-0.2, -0.15) is 0 Å². The summed E-state index contributed by atoms with van der Waals surface area (Å²) in [5.74, 6) is 1.02. The van der Waals surface area contributed by atoms with Crippen molar-refractivity contribution in [3.63, 3.8) is 0 Å². The minimum atomic E-state index is 0.914. The molecule has 1 heterocycles. The summed E-state index contributed by atoms with van der Waals surface area (Å²) in [4.78, 5) is 5.21. The van der Waals surface area contributed by atoms with Gasteiger partial charge in [-0.3, -0.25) is 4.90 Å². The molecule has 1 aliphatic carbocycles. The van der Waals surface area contributed by atoms with Crippen molar-refractivity contribution >= 4 is 0 Å². The number of rotatable bonds is 2. The molecule has 2 fully saturated rings. The van der Waals surface area contributed by atoms with Crippen LogP contribution in [-0.2, 0) is 0 Å². The molecule has 2 heteroatoms. The first-order valence-corrected chi connectivity index (χ1v) is 6.72. The predicted molar refractivity (Wildman–Crippen MR) is 65.1 cm³/mol. The Morgan fingerprint density at radius 2 is 1.80 bits per heavy atom. The van der Waals surface area contributed by atoms with Crippen LogP contribution in [0.25, 0.3) is 0 Å². The van der Waals surface area contributed by atoms with Crippen molar-refractivity contribution in [1.29, 1.82) is 0 Å². The zero-order valence-electron chi connectivity index (χ0n) is 10.4. The van der Waals surface area contributed by atoms with E-state index in [2.05, 4.69) is 23.8 Å². The Morgan fingerprint density at radius 1 is 1.07 bits per heavy atom. The Bertz CT molecular complexity index is 185. The Hall–Kier alpha value is -0.0800.